The first-order valence-corrected chi connectivity index (χ1v) is 11.0. The molecule has 7 nitrogen and oxygen atoms in total. The monoisotopic (exact) mass is 466 g/mol. The van der Waals surface area contributed by atoms with Gasteiger partial charge in [0, 0.05) is 22.7 Å². The average Bonchev–Trinajstić information content (AvgIpc) is 3.37. The van der Waals surface area contributed by atoms with E-state index in [0.29, 0.717) is 27.4 Å². The quantitative estimate of drug-likeness (QED) is 0.400. The lowest BCUT2D eigenvalue weighted by atomic mass is 10.2. The van der Waals surface area contributed by atoms with Crippen molar-refractivity contribution >= 4 is 52.2 Å². The summed E-state index contributed by atoms with van der Waals surface area (Å²) in [4.78, 5) is 24.4. The molecule has 9 heteroatoms. The molecule has 2 amide bonds. The van der Waals surface area contributed by atoms with Crippen LogP contribution >= 0.6 is 23.4 Å². The Morgan fingerprint density at radius 2 is 1.91 bits per heavy atom. The van der Waals surface area contributed by atoms with E-state index >= 15 is 0 Å². The standard InChI is InChI=1S/C23H19ClN4O3S/c1-14-2-8-17(9-3-14)26-21(29)12-20-22(30)27-23(32-20)28-25-13-18-10-11-19(31-18)15-4-6-16(24)7-5-15/h2-11,13,20H,12H2,1H3,(H,26,29)(H,27,28,30)/b25-13+. The maximum absolute atomic E-state index is 12.2. The molecule has 0 spiro atoms. The second-order valence-corrected chi connectivity index (χ2v) is 8.70. The van der Waals surface area contributed by atoms with Gasteiger partial charge in [-0.05, 0) is 55.5 Å². The topological polar surface area (TPSA) is 96.1 Å². The number of nitrogens with zero attached hydrogens (tertiary/aromatic N) is 2. The van der Waals surface area contributed by atoms with E-state index in [1.54, 1.807) is 18.2 Å². The van der Waals surface area contributed by atoms with Crippen LogP contribution in [0.2, 0.25) is 5.02 Å². The molecule has 1 aromatic heterocycles. The van der Waals surface area contributed by atoms with Crippen molar-refractivity contribution in [2.75, 3.05) is 5.32 Å². The van der Waals surface area contributed by atoms with Gasteiger partial charge in [0.1, 0.15) is 16.8 Å². The summed E-state index contributed by atoms with van der Waals surface area (Å²) in [7, 11) is 0. The first-order valence-electron chi connectivity index (χ1n) is 9.77. The summed E-state index contributed by atoms with van der Waals surface area (Å²) < 4.78 is 5.72. The van der Waals surface area contributed by atoms with Crippen LogP contribution in [0.3, 0.4) is 0 Å². The number of furan rings is 1. The Bertz CT molecular complexity index is 1190. The van der Waals surface area contributed by atoms with Gasteiger partial charge in [-0.1, -0.05) is 41.1 Å². The van der Waals surface area contributed by atoms with Gasteiger partial charge in [0.05, 0.1) is 6.21 Å². The molecule has 0 aliphatic carbocycles. The number of aryl methyl sites for hydroxylation is 1. The van der Waals surface area contributed by atoms with E-state index in [1.807, 2.05) is 49.4 Å². The van der Waals surface area contributed by atoms with Gasteiger partial charge in [-0.15, -0.1) is 5.10 Å². The zero-order valence-electron chi connectivity index (χ0n) is 17.0. The van der Waals surface area contributed by atoms with E-state index in [4.69, 9.17) is 16.0 Å². The normalized spacial score (nSPS) is 17.1. The highest BCUT2D eigenvalue weighted by molar-refractivity contribution is 8.15. The summed E-state index contributed by atoms with van der Waals surface area (Å²) in [6.45, 7) is 1.97. The number of benzene rings is 2. The van der Waals surface area contributed by atoms with Crippen LogP contribution in [0.1, 0.15) is 17.7 Å². The number of nitrogens with one attached hydrogen (secondary N) is 2. The lowest BCUT2D eigenvalue weighted by Crippen LogP contribution is -2.28. The minimum atomic E-state index is -0.561. The molecule has 1 atom stereocenters. The number of thioether (sulfide) groups is 1. The zero-order chi connectivity index (χ0) is 22.5. The van der Waals surface area contributed by atoms with Crippen molar-refractivity contribution in [3.8, 4) is 11.3 Å². The van der Waals surface area contributed by atoms with Gasteiger partial charge in [-0.2, -0.15) is 5.10 Å². The fraction of sp³-hybridized carbons (Fsp3) is 0.130. The maximum Gasteiger partial charge on any atom is 0.240 e. The van der Waals surface area contributed by atoms with E-state index in [9.17, 15) is 9.59 Å². The highest BCUT2D eigenvalue weighted by atomic mass is 35.5. The van der Waals surface area contributed by atoms with Gasteiger partial charge in [-0.25, -0.2) is 0 Å². The van der Waals surface area contributed by atoms with Crippen LogP contribution in [-0.4, -0.2) is 28.4 Å². The van der Waals surface area contributed by atoms with E-state index in [2.05, 4.69) is 20.8 Å². The Labute approximate surface area is 193 Å². The van der Waals surface area contributed by atoms with E-state index in [1.165, 1.54) is 18.0 Å². The van der Waals surface area contributed by atoms with Crippen molar-refractivity contribution in [2.45, 2.75) is 18.6 Å². The Kier molecular flexibility index (Phi) is 6.72. The fourth-order valence-electron chi connectivity index (χ4n) is 2.93. The molecule has 1 aliphatic heterocycles. The first kappa shape index (κ1) is 21.9. The van der Waals surface area contributed by atoms with Crippen molar-refractivity contribution in [2.24, 2.45) is 10.2 Å². The third-order valence-electron chi connectivity index (χ3n) is 4.57. The molecule has 0 radical (unpaired) electrons. The predicted molar refractivity (Wildman–Crippen MR) is 128 cm³/mol. The van der Waals surface area contributed by atoms with Crippen LogP contribution < -0.4 is 10.6 Å². The number of hydrogen-bond acceptors (Lipinski definition) is 6. The summed E-state index contributed by atoms with van der Waals surface area (Å²) >= 11 is 7.07. The van der Waals surface area contributed by atoms with Gasteiger partial charge in [0.2, 0.25) is 11.8 Å². The van der Waals surface area contributed by atoms with Crippen LogP contribution in [-0.2, 0) is 9.59 Å². The number of halogens is 1. The molecular weight excluding hydrogens is 448 g/mol. The summed E-state index contributed by atoms with van der Waals surface area (Å²) in [5, 5.41) is 13.9. The molecular formula is C23H19ClN4O3S. The van der Waals surface area contributed by atoms with Gasteiger partial charge < -0.3 is 15.1 Å². The summed E-state index contributed by atoms with van der Waals surface area (Å²) in [6.07, 6.45) is 1.49. The van der Waals surface area contributed by atoms with Crippen LogP contribution in [0.15, 0.2) is 75.3 Å². The predicted octanol–water partition coefficient (Wildman–Crippen LogP) is 4.86. The third-order valence-corrected chi connectivity index (χ3v) is 5.90. The van der Waals surface area contributed by atoms with Crippen LogP contribution in [0, 0.1) is 6.92 Å². The van der Waals surface area contributed by atoms with E-state index < -0.39 is 5.25 Å². The number of rotatable bonds is 6. The number of amides is 2. The molecule has 32 heavy (non-hydrogen) atoms. The zero-order valence-corrected chi connectivity index (χ0v) is 18.6. The molecule has 1 aliphatic rings. The van der Waals surface area contributed by atoms with Crippen LogP contribution in [0.25, 0.3) is 11.3 Å². The van der Waals surface area contributed by atoms with Crippen LogP contribution in [0.5, 0.6) is 0 Å². The van der Waals surface area contributed by atoms with Gasteiger partial charge >= 0.3 is 0 Å². The number of hydrogen-bond donors (Lipinski definition) is 2. The third kappa shape index (κ3) is 5.66. The molecule has 1 saturated heterocycles. The molecule has 2 aromatic carbocycles. The van der Waals surface area contributed by atoms with Gasteiger partial charge in [0.15, 0.2) is 5.17 Å². The molecule has 1 fully saturated rings. The first-order chi connectivity index (χ1) is 15.5. The fourth-order valence-corrected chi connectivity index (χ4v) is 3.98. The largest absolute Gasteiger partial charge is 0.455 e. The molecule has 2 heterocycles. The number of anilines is 1. The number of amidine groups is 1. The molecule has 3 aromatic rings. The Morgan fingerprint density at radius 3 is 2.66 bits per heavy atom. The smallest absolute Gasteiger partial charge is 0.240 e. The lowest BCUT2D eigenvalue weighted by molar-refractivity contribution is -0.122. The average molecular weight is 467 g/mol. The molecule has 0 saturated carbocycles. The van der Waals surface area contributed by atoms with Crippen LogP contribution in [0.4, 0.5) is 5.69 Å². The van der Waals surface area contributed by atoms with Crippen molar-refractivity contribution < 1.29 is 14.0 Å². The van der Waals surface area contributed by atoms with Crippen molar-refractivity contribution in [3.05, 3.63) is 77.0 Å². The molecule has 0 bridgehead atoms. The highest BCUT2D eigenvalue weighted by Crippen LogP contribution is 2.24. The SMILES string of the molecule is Cc1ccc(NC(=O)CC2S/C(=N\N=C\c3ccc(-c4ccc(Cl)cc4)o3)NC2=O)cc1. The number of carbonyl (C=O) groups is 2. The second-order valence-electron chi connectivity index (χ2n) is 7.07. The molecule has 1 unspecified atom stereocenters. The highest BCUT2D eigenvalue weighted by Gasteiger charge is 2.32. The molecule has 162 valence electrons. The minimum absolute atomic E-state index is 0.0374. The lowest BCUT2D eigenvalue weighted by Gasteiger charge is -2.07. The van der Waals surface area contributed by atoms with Gasteiger partial charge in [0.25, 0.3) is 0 Å². The van der Waals surface area contributed by atoms with E-state index in [0.717, 1.165) is 11.1 Å². The Morgan fingerprint density at radius 1 is 1.16 bits per heavy atom. The van der Waals surface area contributed by atoms with Gasteiger partial charge in [-0.3, -0.25) is 9.59 Å². The molecule has 2 N–H and O–H groups in total. The summed E-state index contributed by atoms with van der Waals surface area (Å²) in [5.41, 5.74) is 2.69. The minimum Gasteiger partial charge on any atom is -0.455 e. The van der Waals surface area contributed by atoms with Crippen molar-refractivity contribution in [3.63, 3.8) is 0 Å². The van der Waals surface area contributed by atoms with Crippen molar-refractivity contribution in [1.82, 2.24) is 5.32 Å². The second kappa shape index (κ2) is 9.84. The van der Waals surface area contributed by atoms with Crippen molar-refractivity contribution in [1.29, 1.82) is 0 Å². The Hall–Kier alpha value is -3.36. The summed E-state index contributed by atoms with van der Waals surface area (Å²) in [6, 6.07) is 18.4. The summed E-state index contributed by atoms with van der Waals surface area (Å²) in [5.74, 6) is 0.684. The molecule has 4 rings (SSSR count). The van der Waals surface area contributed by atoms with E-state index in [-0.39, 0.29) is 18.2 Å². The number of carbonyl (C=O) groups excluding carboxylic acids is 2. The maximum atomic E-state index is 12.2. The Balaban J connectivity index is 1.32.